The third-order valence-electron chi connectivity index (χ3n) is 4.26. The SMILES string of the molecule is CCCCCC1=CC=C(NNc2ccc(CCCF)cc2)CC1. The molecule has 0 radical (unpaired) electrons. The van der Waals surface area contributed by atoms with Crippen LogP contribution in [0.25, 0.3) is 0 Å². The van der Waals surface area contributed by atoms with Gasteiger partial charge in [0.05, 0.1) is 12.4 Å². The molecule has 2 nitrogen and oxygen atoms in total. The highest BCUT2D eigenvalue weighted by Gasteiger charge is 2.06. The molecule has 0 fully saturated rings. The smallest absolute Gasteiger partial charge is 0.0897 e. The number of nitrogens with one attached hydrogen (secondary N) is 2. The summed E-state index contributed by atoms with van der Waals surface area (Å²) < 4.78 is 12.2. The number of hydrazine groups is 1. The van der Waals surface area contributed by atoms with Gasteiger partial charge in [0.1, 0.15) is 0 Å². The first kappa shape index (κ1) is 17.6. The fraction of sp³-hybridized carbons (Fsp3) is 0.500. The molecule has 1 aromatic carbocycles. The molecule has 0 amide bonds. The molecule has 126 valence electrons. The van der Waals surface area contributed by atoms with Crippen molar-refractivity contribution in [2.45, 2.75) is 58.3 Å². The summed E-state index contributed by atoms with van der Waals surface area (Å²) in [5.74, 6) is 0. The highest BCUT2D eigenvalue weighted by molar-refractivity contribution is 5.44. The summed E-state index contributed by atoms with van der Waals surface area (Å²) in [7, 11) is 0. The zero-order valence-electron chi connectivity index (χ0n) is 14.2. The second-order valence-corrected chi connectivity index (χ2v) is 6.21. The maximum absolute atomic E-state index is 12.2. The van der Waals surface area contributed by atoms with E-state index < -0.39 is 0 Å². The van der Waals surface area contributed by atoms with Crippen LogP contribution in [0, 0.1) is 0 Å². The van der Waals surface area contributed by atoms with E-state index in [1.54, 1.807) is 5.57 Å². The number of alkyl halides is 1. The lowest BCUT2D eigenvalue weighted by Gasteiger charge is -2.18. The summed E-state index contributed by atoms with van der Waals surface area (Å²) in [6, 6.07) is 8.19. The van der Waals surface area contributed by atoms with Gasteiger partial charge in [-0.3, -0.25) is 4.39 Å². The number of benzene rings is 1. The third-order valence-corrected chi connectivity index (χ3v) is 4.26. The van der Waals surface area contributed by atoms with Gasteiger partial charge in [0.2, 0.25) is 0 Å². The Morgan fingerprint density at radius 3 is 2.39 bits per heavy atom. The van der Waals surface area contributed by atoms with E-state index in [0.29, 0.717) is 6.42 Å². The molecule has 0 atom stereocenters. The molecule has 1 aliphatic carbocycles. The van der Waals surface area contributed by atoms with Gasteiger partial charge in [-0.2, -0.15) is 0 Å². The molecule has 2 N–H and O–H groups in total. The molecule has 23 heavy (non-hydrogen) atoms. The van der Waals surface area contributed by atoms with Gasteiger partial charge in [-0.15, -0.1) is 0 Å². The minimum Gasteiger partial charge on any atom is -0.305 e. The quantitative estimate of drug-likeness (QED) is 0.428. The van der Waals surface area contributed by atoms with Crippen LogP contribution in [0.2, 0.25) is 0 Å². The Bertz CT molecular complexity index is 517. The molecule has 0 aliphatic heterocycles. The van der Waals surface area contributed by atoms with E-state index in [9.17, 15) is 4.39 Å². The number of allylic oxidation sites excluding steroid dienone is 4. The molecular formula is C20H29FN2. The van der Waals surface area contributed by atoms with E-state index in [4.69, 9.17) is 0 Å². The Morgan fingerprint density at radius 1 is 0.913 bits per heavy atom. The average molecular weight is 316 g/mol. The number of anilines is 1. The summed E-state index contributed by atoms with van der Waals surface area (Å²) >= 11 is 0. The summed E-state index contributed by atoms with van der Waals surface area (Å²) in [5, 5.41) is 0. The van der Waals surface area contributed by atoms with Crippen molar-refractivity contribution in [3.05, 3.63) is 53.3 Å². The molecule has 0 aromatic heterocycles. The van der Waals surface area contributed by atoms with Crippen LogP contribution in [0.4, 0.5) is 10.1 Å². The molecule has 1 aliphatic rings. The molecule has 3 heteroatoms. The summed E-state index contributed by atoms with van der Waals surface area (Å²) in [4.78, 5) is 0. The van der Waals surface area contributed by atoms with Crippen molar-refractivity contribution < 1.29 is 4.39 Å². The van der Waals surface area contributed by atoms with Gasteiger partial charge in [0, 0.05) is 5.70 Å². The maximum atomic E-state index is 12.2. The summed E-state index contributed by atoms with van der Waals surface area (Å²) in [5.41, 5.74) is 11.6. The Hall–Kier alpha value is -1.77. The summed E-state index contributed by atoms with van der Waals surface area (Å²) in [6.07, 6.45) is 13.3. The van der Waals surface area contributed by atoms with Crippen LogP contribution in [-0.2, 0) is 6.42 Å². The molecule has 0 saturated heterocycles. The first-order chi connectivity index (χ1) is 11.3. The highest BCUT2D eigenvalue weighted by atomic mass is 19.1. The lowest BCUT2D eigenvalue weighted by Crippen LogP contribution is -2.21. The van der Waals surface area contributed by atoms with Crippen LogP contribution >= 0.6 is 0 Å². The van der Waals surface area contributed by atoms with Crippen molar-refractivity contribution in [2.75, 3.05) is 12.1 Å². The minimum atomic E-state index is -0.246. The molecule has 2 rings (SSSR count). The van der Waals surface area contributed by atoms with Crippen LogP contribution in [0.5, 0.6) is 0 Å². The zero-order chi connectivity index (χ0) is 16.3. The molecule has 1 aromatic rings. The van der Waals surface area contributed by atoms with Crippen LogP contribution in [0.3, 0.4) is 0 Å². The van der Waals surface area contributed by atoms with Gasteiger partial charge in [0.15, 0.2) is 0 Å². The molecular weight excluding hydrogens is 287 g/mol. The zero-order valence-corrected chi connectivity index (χ0v) is 14.2. The van der Waals surface area contributed by atoms with Crippen molar-refractivity contribution in [3.63, 3.8) is 0 Å². The largest absolute Gasteiger partial charge is 0.305 e. The van der Waals surface area contributed by atoms with E-state index in [2.05, 4.69) is 42.1 Å². The van der Waals surface area contributed by atoms with E-state index in [1.807, 2.05) is 12.1 Å². The topological polar surface area (TPSA) is 24.1 Å². The second-order valence-electron chi connectivity index (χ2n) is 6.21. The molecule has 0 heterocycles. The number of hydrogen-bond acceptors (Lipinski definition) is 2. The number of halogens is 1. The predicted octanol–water partition coefficient (Wildman–Crippen LogP) is 5.69. The van der Waals surface area contributed by atoms with Crippen molar-refractivity contribution in [2.24, 2.45) is 0 Å². The molecule has 0 spiro atoms. The van der Waals surface area contributed by atoms with Crippen molar-refractivity contribution in [1.29, 1.82) is 0 Å². The van der Waals surface area contributed by atoms with Crippen LogP contribution in [0.15, 0.2) is 47.7 Å². The summed E-state index contributed by atoms with van der Waals surface area (Å²) in [6.45, 7) is 2.00. The fourth-order valence-corrected chi connectivity index (χ4v) is 2.77. The van der Waals surface area contributed by atoms with Crippen LogP contribution in [-0.4, -0.2) is 6.67 Å². The number of aryl methyl sites for hydroxylation is 1. The van der Waals surface area contributed by atoms with Crippen molar-refractivity contribution in [3.8, 4) is 0 Å². The Balaban J connectivity index is 1.75. The normalized spacial score (nSPS) is 14.2. The standard InChI is InChI=1S/C20H29FN2/c1-2-3-4-6-17-8-12-19(13-9-17)22-23-20-14-10-18(11-15-20)7-5-16-21/h8,10-12,14-15,22-23H,2-7,9,13,16H2,1H3. The van der Waals surface area contributed by atoms with E-state index >= 15 is 0 Å². The molecule has 0 unspecified atom stereocenters. The fourth-order valence-electron chi connectivity index (χ4n) is 2.77. The van der Waals surface area contributed by atoms with Crippen LogP contribution in [0.1, 0.15) is 57.4 Å². The van der Waals surface area contributed by atoms with E-state index in [-0.39, 0.29) is 6.67 Å². The minimum absolute atomic E-state index is 0.246. The highest BCUT2D eigenvalue weighted by Crippen LogP contribution is 2.21. The second kappa shape index (κ2) is 10.1. The monoisotopic (exact) mass is 316 g/mol. The Kier molecular flexibility index (Phi) is 7.71. The van der Waals surface area contributed by atoms with Gasteiger partial charge in [0.25, 0.3) is 0 Å². The predicted molar refractivity (Wildman–Crippen MR) is 97.0 cm³/mol. The Labute approximate surface area is 139 Å². The number of rotatable bonds is 10. The van der Waals surface area contributed by atoms with E-state index in [1.165, 1.54) is 36.9 Å². The number of unbranched alkanes of at least 4 members (excludes halogenated alkanes) is 2. The van der Waals surface area contributed by atoms with E-state index in [0.717, 1.165) is 24.9 Å². The van der Waals surface area contributed by atoms with Crippen molar-refractivity contribution >= 4 is 5.69 Å². The Morgan fingerprint density at radius 2 is 1.74 bits per heavy atom. The molecule has 0 bridgehead atoms. The van der Waals surface area contributed by atoms with Crippen LogP contribution < -0.4 is 10.9 Å². The van der Waals surface area contributed by atoms with Gasteiger partial charge >= 0.3 is 0 Å². The molecule has 0 saturated carbocycles. The van der Waals surface area contributed by atoms with Gasteiger partial charge in [-0.25, -0.2) is 0 Å². The lowest BCUT2D eigenvalue weighted by molar-refractivity contribution is 0.473. The maximum Gasteiger partial charge on any atom is 0.0897 e. The lowest BCUT2D eigenvalue weighted by atomic mass is 9.98. The van der Waals surface area contributed by atoms with Gasteiger partial charge in [-0.1, -0.05) is 43.5 Å². The van der Waals surface area contributed by atoms with Crippen molar-refractivity contribution in [1.82, 2.24) is 5.43 Å². The first-order valence-corrected chi connectivity index (χ1v) is 8.87. The van der Waals surface area contributed by atoms with Gasteiger partial charge < -0.3 is 10.9 Å². The van der Waals surface area contributed by atoms with Gasteiger partial charge in [-0.05, 0) is 62.3 Å². The first-order valence-electron chi connectivity index (χ1n) is 8.87. The average Bonchev–Trinajstić information content (AvgIpc) is 2.60. The third kappa shape index (κ3) is 6.47. The number of hydrogen-bond donors (Lipinski definition) is 2.